The maximum Gasteiger partial charge on any atom is 0.234 e. The second-order valence-electron chi connectivity index (χ2n) is 5.92. The first-order valence-corrected chi connectivity index (χ1v) is 7.83. The van der Waals surface area contributed by atoms with Crippen LogP contribution in [0.1, 0.15) is 30.3 Å². The molecule has 0 spiro atoms. The second kappa shape index (κ2) is 6.58. The van der Waals surface area contributed by atoms with Crippen LogP contribution in [0.4, 0.5) is 0 Å². The van der Waals surface area contributed by atoms with Crippen molar-refractivity contribution in [1.82, 2.24) is 19.8 Å². The number of carbonyl (C=O) groups is 1. The van der Waals surface area contributed by atoms with Crippen LogP contribution in [0, 0.1) is 6.92 Å². The third-order valence-corrected chi connectivity index (χ3v) is 4.16. The Bertz CT molecular complexity index is 490. The zero-order valence-corrected chi connectivity index (χ0v) is 12.7. The third-order valence-electron chi connectivity index (χ3n) is 4.16. The minimum absolute atomic E-state index is 0.0997. The summed E-state index contributed by atoms with van der Waals surface area (Å²) < 4.78 is 7.53. The summed E-state index contributed by atoms with van der Waals surface area (Å²) in [6.07, 6.45) is 4.43. The fraction of sp³-hybridized carbons (Fsp3) is 0.733. The molecular formula is C15H24N4O2. The summed E-state index contributed by atoms with van der Waals surface area (Å²) in [6.45, 7) is 7.18. The van der Waals surface area contributed by atoms with E-state index in [0.29, 0.717) is 19.0 Å². The Hall–Kier alpha value is -1.40. The second-order valence-corrected chi connectivity index (χ2v) is 5.92. The average Bonchev–Trinajstić information content (AvgIpc) is 3.26. The highest BCUT2D eigenvalue weighted by Crippen LogP contribution is 2.39. The lowest BCUT2D eigenvalue weighted by atomic mass is 10.3. The van der Waals surface area contributed by atoms with Crippen LogP contribution < -0.4 is 5.32 Å². The number of aromatic nitrogens is 2. The SMILES string of the molecule is Cc1cnc(C2CC2)n1CCNC(=O)CN1CCOCC1. The van der Waals surface area contributed by atoms with Crippen molar-refractivity contribution in [3.8, 4) is 0 Å². The highest BCUT2D eigenvalue weighted by atomic mass is 16.5. The van der Waals surface area contributed by atoms with Crippen LogP contribution in [-0.4, -0.2) is 59.8 Å². The Morgan fingerprint density at radius 3 is 2.90 bits per heavy atom. The quantitative estimate of drug-likeness (QED) is 0.830. The van der Waals surface area contributed by atoms with Gasteiger partial charge < -0.3 is 14.6 Å². The van der Waals surface area contributed by atoms with Crippen LogP contribution in [0.3, 0.4) is 0 Å². The van der Waals surface area contributed by atoms with Gasteiger partial charge in [0.1, 0.15) is 5.82 Å². The van der Waals surface area contributed by atoms with Gasteiger partial charge in [0.05, 0.1) is 19.8 Å². The molecule has 0 bridgehead atoms. The van der Waals surface area contributed by atoms with Gasteiger partial charge in [0.15, 0.2) is 0 Å². The Labute approximate surface area is 125 Å². The number of ether oxygens (including phenoxy) is 1. The highest BCUT2D eigenvalue weighted by molar-refractivity contribution is 5.77. The van der Waals surface area contributed by atoms with Gasteiger partial charge in [-0.05, 0) is 19.8 Å². The largest absolute Gasteiger partial charge is 0.379 e. The van der Waals surface area contributed by atoms with Crippen molar-refractivity contribution < 1.29 is 9.53 Å². The van der Waals surface area contributed by atoms with Gasteiger partial charge in [-0.2, -0.15) is 0 Å². The number of imidazole rings is 1. The fourth-order valence-corrected chi connectivity index (χ4v) is 2.76. The van der Waals surface area contributed by atoms with Crippen LogP contribution in [0.2, 0.25) is 0 Å². The maximum absolute atomic E-state index is 11.9. The van der Waals surface area contributed by atoms with Crippen molar-refractivity contribution in [2.24, 2.45) is 0 Å². The lowest BCUT2D eigenvalue weighted by Crippen LogP contribution is -2.43. The highest BCUT2D eigenvalue weighted by Gasteiger charge is 2.28. The molecule has 0 atom stereocenters. The predicted molar refractivity (Wildman–Crippen MR) is 79.2 cm³/mol. The van der Waals surface area contributed by atoms with Gasteiger partial charge in [-0.3, -0.25) is 9.69 Å². The normalized spacial score (nSPS) is 19.7. The van der Waals surface area contributed by atoms with E-state index >= 15 is 0 Å². The molecule has 116 valence electrons. The maximum atomic E-state index is 11.9. The van der Waals surface area contributed by atoms with Gasteiger partial charge in [-0.25, -0.2) is 4.98 Å². The lowest BCUT2D eigenvalue weighted by molar-refractivity contribution is -0.123. The first-order valence-electron chi connectivity index (χ1n) is 7.83. The predicted octanol–water partition coefficient (Wildman–Crippen LogP) is 0.517. The third kappa shape index (κ3) is 3.83. The van der Waals surface area contributed by atoms with E-state index in [1.165, 1.54) is 24.4 Å². The van der Waals surface area contributed by atoms with Crippen molar-refractivity contribution in [3.05, 3.63) is 17.7 Å². The number of amides is 1. The van der Waals surface area contributed by atoms with Gasteiger partial charge >= 0.3 is 0 Å². The summed E-state index contributed by atoms with van der Waals surface area (Å²) in [5, 5.41) is 3.01. The van der Waals surface area contributed by atoms with Crippen molar-refractivity contribution in [3.63, 3.8) is 0 Å². The molecule has 1 amide bonds. The monoisotopic (exact) mass is 292 g/mol. The summed E-state index contributed by atoms with van der Waals surface area (Å²) in [5.74, 6) is 1.93. The Kier molecular flexibility index (Phi) is 4.55. The van der Waals surface area contributed by atoms with Gasteiger partial charge in [-0.1, -0.05) is 0 Å². The van der Waals surface area contributed by atoms with E-state index in [-0.39, 0.29) is 5.91 Å². The van der Waals surface area contributed by atoms with Crippen molar-refractivity contribution in [2.75, 3.05) is 39.4 Å². The zero-order valence-electron chi connectivity index (χ0n) is 12.7. The van der Waals surface area contributed by atoms with Gasteiger partial charge in [0.2, 0.25) is 5.91 Å². The molecule has 1 aromatic heterocycles. The smallest absolute Gasteiger partial charge is 0.234 e. The number of nitrogens with one attached hydrogen (secondary N) is 1. The number of hydrogen-bond donors (Lipinski definition) is 1. The van der Waals surface area contributed by atoms with E-state index in [0.717, 1.165) is 32.8 Å². The van der Waals surface area contributed by atoms with Crippen molar-refractivity contribution in [1.29, 1.82) is 0 Å². The molecule has 1 aliphatic heterocycles. The van der Waals surface area contributed by atoms with E-state index < -0.39 is 0 Å². The van der Waals surface area contributed by atoms with Gasteiger partial charge in [0, 0.05) is 44.0 Å². The molecule has 1 N–H and O–H groups in total. The molecule has 2 fully saturated rings. The molecular weight excluding hydrogens is 268 g/mol. The molecule has 2 heterocycles. The fourth-order valence-electron chi connectivity index (χ4n) is 2.76. The molecule has 0 unspecified atom stereocenters. The number of morpholine rings is 1. The molecule has 2 aliphatic rings. The van der Waals surface area contributed by atoms with E-state index in [2.05, 4.69) is 26.7 Å². The average molecular weight is 292 g/mol. The van der Waals surface area contributed by atoms with Crippen LogP contribution >= 0.6 is 0 Å². The summed E-state index contributed by atoms with van der Waals surface area (Å²) >= 11 is 0. The number of rotatable bonds is 6. The minimum Gasteiger partial charge on any atom is -0.379 e. The zero-order chi connectivity index (χ0) is 14.7. The van der Waals surface area contributed by atoms with Crippen LogP contribution in [0.15, 0.2) is 6.20 Å². The standard InChI is InChI=1S/C15H24N4O2/c1-12-10-17-15(13-2-3-13)19(12)5-4-16-14(20)11-18-6-8-21-9-7-18/h10,13H,2-9,11H2,1H3,(H,16,20). The van der Waals surface area contributed by atoms with Gasteiger partial charge in [0.25, 0.3) is 0 Å². The molecule has 21 heavy (non-hydrogen) atoms. The van der Waals surface area contributed by atoms with E-state index in [1.54, 1.807) is 0 Å². The first kappa shape index (κ1) is 14.5. The summed E-state index contributed by atoms with van der Waals surface area (Å²) in [7, 11) is 0. The molecule has 1 aliphatic carbocycles. The topological polar surface area (TPSA) is 59.4 Å². The summed E-state index contributed by atoms with van der Waals surface area (Å²) in [6, 6.07) is 0. The molecule has 1 saturated heterocycles. The van der Waals surface area contributed by atoms with Crippen LogP contribution in [0.25, 0.3) is 0 Å². The van der Waals surface area contributed by atoms with Crippen LogP contribution in [0.5, 0.6) is 0 Å². The van der Waals surface area contributed by atoms with Crippen molar-refractivity contribution in [2.45, 2.75) is 32.2 Å². The number of aryl methyl sites for hydroxylation is 1. The Morgan fingerprint density at radius 1 is 1.43 bits per heavy atom. The van der Waals surface area contributed by atoms with E-state index in [4.69, 9.17) is 4.74 Å². The Morgan fingerprint density at radius 2 is 2.19 bits per heavy atom. The molecule has 6 heteroatoms. The Balaban J connectivity index is 1.43. The molecule has 6 nitrogen and oxygen atoms in total. The van der Waals surface area contributed by atoms with Crippen molar-refractivity contribution >= 4 is 5.91 Å². The lowest BCUT2D eigenvalue weighted by Gasteiger charge is -2.25. The van der Waals surface area contributed by atoms with Gasteiger partial charge in [-0.15, -0.1) is 0 Å². The molecule has 0 aromatic carbocycles. The summed E-state index contributed by atoms with van der Waals surface area (Å²) in [5.41, 5.74) is 1.18. The minimum atomic E-state index is 0.0997. The van der Waals surface area contributed by atoms with Crippen LogP contribution in [-0.2, 0) is 16.1 Å². The molecule has 0 radical (unpaired) electrons. The first-order chi connectivity index (χ1) is 10.2. The van der Waals surface area contributed by atoms with E-state index in [1.807, 2.05) is 6.20 Å². The molecule has 1 saturated carbocycles. The number of hydrogen-bond acceptors (Lipinski definition) is 4. The number of carbonyl (C=O) groups excluding carboxylic acids is 1. The molecule has 3 rings (SSSR count). The molecule has 1 aromatic rings. The summed E-state index contributed by atoms with van der Waals surface area (Å²) in [4.78, 5) is 18.6. The number of nitrogens with zero attached hydrogens (tertiary/aromatic N) is 3. The van der Waals surface area contributed by atoms with E-state index in [9.17, 15) is 4.79 Å².